The average molecular weight is 350 g/mol. The van der Waals surface area contributed by atoms with Crippen LogP contribution in [0.1, 0.15) is 47.5 Å². The van der Waals surface area contributed by atoms with Gasteiger partial charge in [0.25, 0.3) is 5.91 Å². The maximum Gasteiger partial charge on any atom is 0.307 e. The van der Waals surface area contributed by atoms with Crippen LogP contribution in [0.15, 0.2) is 16.5 Å². The molecule has 0 bridgehead atoms. The third-order valence-electron chi connectivity index (χ3n) is 4.75. The van der Waals surface area contributed by atoms with Crippen LogP contribution in [0, 0.1) is 25.7 Å². The van der Waals surface area contributed by atoms with Crippen molar-refractivity contribution in [3.8, 4) is 0 Å². The second-order valence-corrected chi connectivity index (χ2v) is 7.38. The standard InChI is InChI=1S/C17H22N2O4S/c1-8-5-12(13(17(22)23)6-9(8)2)15(20)18-19-16(21)14-7-24-11(4)10(14)3/h7,12-13H,5-6H2,1-4H3,(H,18,20)(H,19,21)(H,22,23)/t12-,13-/m1/s1. The highest BCUT2D eigenvalue weighted by Crippen LogP contribution is 2.34. The van der Waals surface area contributed by atoms with E-state index in [2.05, 4.69) is 10.9 Å². The molecule has 0 aromatic carbocycles. The van der Waals surface area contributed by atoms with Gasteiger partial charge < -0.3 is 5.11 Å². The van der Waals surface area contributed by atoms with Crippen LogP contribution < -0.4 is 10.9 Å². The van der Waals surface area contributed by atoms with Crippen molar-refractivity contribution in [1.29, 1.82) is 0 Å². The Labute approximate surface area is 144 Å². The fourth-order valence-electron chi connectivity index (χ4n) is 2.84. The Hall–Kier alpha value is -2.15. The van der Waals surface area contributed by atoms with E-state index >= 15 is 0 Å². The number of hydrogen-bond acceptors (Lipinski definition) is 4. The van der Waals surface area contributed by atoms with Gasteiger partial charge in [0.05, 0.1) is 17.4 Å². The van der Waals surface area contributed by atoms with E-state index < -0.39 is 29.6 Å². The van der Waals surface area contributed by atoms with Crippen LogP contribution in [0.5, 0.6) is 0 Å². The van der Waals surface area contributed by atoms with E-state index in [-0.39, 0.29) is 0 Å². The summed E-state index contributed by atoms with van der Waals surface area (Å²) in [6.45, 7) is 7.57. The van der Waals surface area contributed by atoms with Crippen molar-refractivity contribution in [3.05, 3.63) is 32.5 Å². The van der Waals surface area contributed by atoms with Crippen LogP contribution in [0.25, 0.3) is 0 Å². The average Bonchev–Trinajstić information content (AvgIpc) is 2.86. The third kappa shape index (κ3) is 3.67. The number of carbonyl (C=O) groups is 3. The zero-order valence-corrected chi connectivity index (χ0v) is 15.0. The van der Waals surface area contributed by atoms with E-state index in [1.807, 2.05) is 27.7 Å². The Kier molecular flexibility index (Phi) is 5.43. The van der Waals surface area contributed by atoms with Gasteiger partial charge >= 0.3 is 5.97 Å². The maximum absolute atomic E-state index is 12.4. The minimum atomic E-state index is -0.988. The lowest BCUT2D eigenvalue weighted by Crippen LogP contribution is -2.48. The summed E-state index contributed by atoms with van der Waals surface area (Å²) in [5, 5.41) is 11.1. The summed E-state index contributed by atoms with van der Waals surface area (Å²) in [6.07, 6.45) is 0.747. The zero-order chi connectivity index (χ0) is 18.0. The number of thiophene rings is 1. The summed E-state index contributed by atoms with van der Waals surface area (Å²) < 4.78 is 0. The molecule has 6 nitrogen and oxygen atoms in total. The molecule has 1 aromatic rings. The second-order valence-electron chi connectivity index (χ2n) is 6.29. The summed E-state index contributed by atoms with van der Waals surface area (Å²) in [4.78, 5) is 37.0. The summed E-state index contributed by atoms with van der Waals surface area (Å²) in [6, 6.07) is 0. The topological polar surface area (TPSA) is 95.5 Å². The lowest BCUT2D eigenvalue weighted by atomic mass is 9.76. The molecule has 3 N–H and O–H groups in total. The molecule has 0 saturated carbocycles. The van der Waals surface area contributed by atoms with Gasteiger partial charge in [0.15, 0.2) is 0 Å². The lowest BCUT2D eigenvalue weighted by molar-refractivity contribution is -0.147. The Bertz CT molecular complexity index is 720. The first-order valence-corrected chi connectivity index (χ1v) is 8.63. The molecule has 2 rings (SSSR count). The fourth-order valence-corrected chi connectivity index (χ4v) is 3.71. The highest BCUT2D eigenvalue weighted by molar-refractivity contribution is 7.10. The van der Waals surface area contributed by atoms with E-state index in [0.717, 1.165) is 21.6 Å². The van der Waals surface area contributed by atoms with Crippen molar-refractivity contribution in [2.24, 2.45) is 11.8 Å². The molecular formula is C17H22N2O4S. The predicted molar refractivity (Wildman–Crippen MR) is 91.6 cm³/mol. The van der Waals surface area contributed by atoms with Gasteiger partial charge in [-0.05, 0) is 46.1 Å². The van der Waals surface area contributed by atoms with E-state index in [1.54, 1.807) is 5.38 Å². The van der Waals surface area contributed by atoms with Gasteiger partial charge in [-0.15, -0.1) is 11.3 Å². The van der Waals surface area contributed by atoms with Crippen molar-refractivity contribution < 1.29 is 19.5 Å². The first-order valence-electron chi connectivity index (χ1n) is 7.75. The molecule has 2 atom stereocenters. The van der Waals surface area contributed by atoms with Crippen LogP contribution >= 0.6 is 11.3 Å². The van der Waals surface area contributed by atoms with Crippen LogP contribution in [-0.2, 0) is 9.59 Å². The molecule has 0 radical (unpaired) electrons. The minimum absolute atomic E-state index is 0.357. The Morgan fingerprint density at radius 3 is 2.12 bits per heavy atom. The second kappa shape index (κ2) is 7.17. The Balaban J connectivity index is 2.04. The normalized spacial score (nSPS) is 20.7. The van der Waals surface area contributed by atoms with Crippen LogP contribution in [0.2, 0.25) is 0 Å². The number of aliphatic carboxylic acids is 1. The zero-order valence-electron chi connectivity index (χ0n) is 14.2. The Morgan fingerprint density at radius 2 is 1.62 bits per heavy atom. The summed E-state index contributed by atoms with van der Waals surface area (Å²) in [5.74, 6) is -3.30. The number of hydrogen-bond donors (Lipinski definition) is 3. The number of carboxylic acids is 1. The molecule has 1 aliphatic carbocycles. The van der Waals surface area contributed by atoms with Crippen LogP contribution in [-0.4, -0.2) is 22.9 Å². The van der Waals surface area contributed by atoms with Crippen LogP contribution in [0.4, 0.5) is 0 Å². The van der Waals surface area contributed by atoms with Crippen molar-refractivity contribution in [2.45, 2.75) is 40.5 Å². The van der Waals surface area contributed by atoms with Crippen molar-refractivity contribution in [2.75, 3.05) is 0 Å². The van der Waals surface area contributed by atoms with E-state index in [0.29, 0.717) is 18.4 Å². The molecule has 0 saturated heterocycles. The molecule has 130 valence electrons. The molecule has 0 aliphatic heterocycles. The maximum atomic E-state index is 12.4. The van der Waals surface area contributed by atoms with Gasteiger partial charge in [-0.1, -0.05) is 11.1 Å². The van der Waals surface area contributed by atoms with Crippen LogP contribution in [0.3, 0.4) is 0 Å². The first kappa shape index (κ1) is 18.2. The van der Waals surface area contributed by atoms with Gasteiger partial charge in [0.1, 0.15) is 0 Å². The molecule has 1 heterocycles. The van der Waals surface area contributed by atoms with E-state index in [9.17, 15) is 19.5 Å². The summed E-state index contributed by atoms with van der Waals surface area (Å²) in [7, 11) is 0. The number of amides is 2. The number of allylic oxidation sites excluding steroid dienone is 2. The largest absolute Gasteiger partial charge is 0.481 e. The SMILES string of the molecule is CC1=C(C)C[C@@H](C(=O)NNC(=O)c2csc(C)c2C)[C@H](C(=O)O)C1. The number of carboxylic acid groups (broad SMARTS) is 1. The van der Waals surface area contributed by atoms with Gasteiger partial charge in [-0.25, -0.2) is 0 Å². The third-order valence-corrected chi connectivity index (χ3v) is 5.76. The summed E-state index contributed by atoms with van der Waals surface area (Å²) >= 11 is 1.47. The fraction of sp³-hybridized carbons (Fsp3) is 0.471. The molecule has 0 fully saturated rings. The molecule has 0 unspecified atom stereocenters. The van der Waals surface area contributed by atoms with E-state index in [1.165, 1.54) is 11.3 Å². The van der Waals surface area contributed by atoms with Gasteiger partial charge in [-0.2, -0.15) is 0 Å². The predicted octanol–water partition coefficient (Wildman–Crippen LogP) is 2.57. The molecular weight excluding hydrogens is 328 g/mol. The van der Waals surface area contributed by atoms with Gasteiger partial charge in [-0.3, -0.25) is 25.2 Å². The molecule has 1 aromatic heterocycles. The number of rotatable bonds is 3. The van der Waals surface area contributed by atoms with Crippen molar-refractivity contribution >= 4 is 29.1 Å². The molecule has 1 aliphatic rings. The number of nitrogens with one attached hydrogen (secondary N) is 2. The minimum Gasteiger partial charge on any atom is -0.481 e. The van der Waals surface area contributed by atoms with Crippen molar-refractivity contribution in [3.63, 3.8) is 0 Å². The first-order chi connectivity index (χ1) is 11.2. The molecule has 2 amide bonds. The molecule has 24 heavy (non-hydrogen) atoms. The van der Waals surface area contributed by atoms with Gasteiger partial charge in [0.2, 0.25) is 5.91 Å². The smallest absolute Gasteiger partial charge is 0.307 e. The van der Waals surface area contributed by atoms with Gasteiger partial charge in [0, 0.05) is 10.3 Å². The highest BCUT2D eigenvalue weighted by atomic mass is 32.1. The number of carbonyl (C=O) groups excluding carboxylic acids is 2. The Morgan fingerprint density at radius 1 is 1.04 bits per heavy atom. The highest BCUT2D eigenvalue weighted by Gasteiger charge is 2.37. The summed E-state index contributed by atoms with van der Waals surface area (Å²) in [5.41, 5.74) is 8.22. The monoisotopic (exact) mass is 350 g/mol. The molecule has 0 spiro atoms. The quantitative estimate of drug-likeness (QED) is 0.577. The number of aryl methyl sites for hydroxylation is 1. The van der Waals surface area contributed by atoms with Crippen molar-refractivity contribution in [1.82, 2.24) is 10.9 Å². The van der Waals surface area contributed by atoms with E-state index in [4.69, 9.17) is 0 Å². The number of hydrazine groups is 1. The molecule has 7 heteroatoms. The lowest BCUT2D eigenvalue weighted by Gasteiger charge is -2.29.